The van der Waals surface area contributed by atoms with Crippen molar-refractivity contribution >= 4 is 16.3 Å². The minimum absolute atomic E-state index is 0.141. The predicted molar refractivity (Wildman–Crippen MR) is 101 cm³/mol. The van der Waals surface area contributed by atoms with Crippen molar-refractivity contribution in [2.75, 3.05) is 0 Å². The van der Waals surface area contributed by atoms with Gasteiger partial charge >= 0.3 is 0 Å². The van der Waals surface area contributed by atoms with Crippen molar-refractivity contribution in [3.8, 4) is 11.3 Å². The Hall–Kier alpha value is -2.73. The van der Waals surface area contributed by atoms with Gasteiger partial charge in [0.1, 0.15) is 5.82 Å². The minimum Gasteiger partial charge on any atom is -0.298 e. The van der Waals surface area contributed by atoms with E-state index in [0.29, 0.717) is 24.0 Å². The van der Waals surface area contributed by atoms with Crippen molar-refractivity contribution in [3.05, 3.63) is 77.2 Å². The summed E-state index contributed by atoms with van der Waals surface area (Å²) in [4.78, 5) is 11.5. The average molecular weight is 383 g/mol. The number of carbonyl (C=O) groups excluding carboxylic acids is 1. The number of halogens is 1. The number of rotatable bonds is 3. The molecule has 0 N–H and O–H groups in total. The molecule has 1 aliphatic carbocycles. The van der Waals surface area contributed by atoms with Crippen molar-refractivity contribution in [1.82, 2.24) is 3.97 Å². The van der Waals surface area contributed by atoms with Gasteiger partial charge in [-0.25, -0.2) is 16.8 Å². The molecule has 0 spiro atoms. The Morgan fingerprint density at radius 2 is 1.78 bits per heavy atom. The van der Waals surface area contributed by atoms with E-state index in [2.05, 4.69) is 0 Å². The molecule has 2 aromatic carbocycles. The highest BCUT2D eigenvalue weighted by molar-refractivity contribution is 7.90. The first-order valence-electron chi connectivity index (χ1n) is 8.81. The van der Waals surface area contributed by atoms with E-state index in [1.165, 1.54) is 24.4 Å². The van der Waals surface area contributed by atoms with Crippen LogP contribution in [0, 0.1) is 5.82 Å². The number of carbonyl (C=O) groups is 1. The molecule has 27 heavy (non-hydrogen) atoms. The number of benzene rings is 2. The second-order valence-corrected chi connectivity index (χ2v) is 8.47. The molecule has 0 bridgehead atoms. The molecule has 0 fully saturated rings. The molecule has 0 unspecified atom stereocenters. The summed E-state index contributed by atoms with van der Waals surface area (Å²) in [7, 11) is -4.05. The smallest absolute Gasteiger partial charge is 0.268 e. The van der Waals surface area contributed by atoms with Gasteiger partial charge in [-0.3, -0.25) is 4.79 Å². The molecule has 138 valence electrons. The number of aryl methyl sites for hydroxylation is 1. The van der Waals surface area contributed by atoms with Crippen LogP contribution in [0.25, 0.3) is 11.3 Å². The maximum atomic E-state index is 13.7. The maximum Gasteiger partial charge on any atom is 0.268 e. The van der Waals surface area contributed by atoms with Crippen molar-refractivity contribution in [2.24, 2.45) is 0 Å². The lowest BCUT2D eigenvalue weighted by atomic mass is 9.91. The first-order valence-corrected chi connectivity index (χ1v) is 10.2. The summed E-state index contributed by atoms with van der Waals surface area (Å²) in [6.45, 7) is 0. The number of nitrogens with zero attached hydrogens (tertiary/aromatic N) is 1. The van der Waals surface area contributed by atoms with Gasteiger partial charge in [0.25, 0.3) is 10.0 Å². The second-order valence-electron chi connectivity index (χ2n) is 6.65. The van der Waals surface area contributed by atoms with E-state index in [-0.39, 0.29) is 4.90 Å². The van der Waals surface area contributed by atoms with Crippen LogP contribution in [0.2, 0.25) is 0 Å². The Kier molecular flexibility index (Phi) is 4.44. The Morgan fingerprint density at radius 1 is 1.00 bits per heavy atom. The monoisotopic (exact) mass is 383 g/mol. The first-order chi connectivity index (χ1) is 13.0. The Morgan fingerprint density at radius 3 is 2.56 bits per heavy atom. The molecule has 0 saturated carbocycles. The maximum absolute atomic E-state index is 13.7. The highest BCUT2D eigenvalue weighted by Gasteiger charge is 2.28. The van der Waals surface area contributed by atoms with Crippen LogP contribution in [-0.4, -0.2) is 18.7 Å². The molecular formula is C21H18FNO3S. The Balaban J connectivity index is 2.04. The molecular weight excluding hydrogens is 365 g/mol. The van der Waals surface area contributed by atoms with Gasteiger partial charge in [-0.15, -0.1) is 0 Å². The number of aromatic nitrogens is 1. The zero-order valence-corrected chi connectivity index (χ0v) is 15.4. The van der Waals surface area contributed by atoms with Gasteiger partial charge in [-0.1, -0.05) is 30.3 Å². The third-order valence-corrected chi connectivity index (χ3v) is 6.64. The molecule has 0 aliphatic heterocycles. The van der Waals surface area contributed by atoms with Crippen molar-refractivity contribution in [3.63, 3.8) is 0 Å². The summed E-state index contributed by atoms with van der Waals surface area (Å²) in [6, 6.07) is 12.6. The molecule has 0 saturated heterocycles. The number of fused-ring (bicyclic) bond motifs is 3. The van der Waals surface area contributed by atoms with Crippen molar-refractivity contribution in [2.45, 2.75) is 30.6 Å². The molecule has 6 heteroatoms. The molecule has 1 aliphatic rings. The fourth-order valence-corrected chi connectivity index (χ4v) is 5.14. The first kappa shape index (κ1) is 17.7. The third kappa shape index (κ3) is 3.00. The zero-order valence-electron chi connectivity index (χ0n) is 14.6. The lowest BCUT2D eigenvalue weighted by molar-refractivity contribution is 0.112. The molecule has 4 nitrogen and oxygen atoms in total. The Labute approximate surface area is 157 Å². The van der Waals surface area contributed by atoms with E-state index in [9.17, 15) is 17.6 Å². The zero-order chi connectivity index (χ0) is 19.0. The van der Waals surface area contributed by atoms with Crippen LogP contribution in [0.5, 0.6) is 0 Å². The molecule has 1 aromatic heterocycles. The molecule has 0 amide bonds. The molecule has 0 radical (unpaired) electrons. The summed E-state index contributed by atoms with van der Waals surface area (Å²) < 4.78 is 41.3. The average Bonchev–Trinajstić information content (AvgIpc) is 3.02. The topological polar surface area (TPSA) is 56.1 Å². The summed E-state index contributed by atoms with van der Waals surface area (Å²) >= 11 is 0. The van der Waals surface area contributed by atoms with Crippen LogP contribution < -0.4 is 0 Å². The highest BCUT2D eigenvalue weighted by atomic mass is 32.2. The lowest BCUT2D eigenvalue weighted by Crippen LogP contribution is -2.15. The van der Waals surface area contributed by atoms with E-state index >= 15 is 0 Å². The van der Waals surface area contributed by atoms with Crippen LogP contribution in [0.1, 0.15) is 34.3 Å². The molecule has 4 rings (SSSR count). The van der Waals surface area contributed by atoms with Gasteiger partial charge in [0, 0.05) is 17.3 Å². The van der Waals surface area contributed by atoms with Crippen LogP contribution in [0.3, 0.4) is 0 Å². The number of hydrogen-bond donors (Lipinski definition) is 0. The summed E-state index contributed by atoms with van der Waals surface area (Å²) in [5.41, 5.74) is 3.46. The van der Waals surface area contributed by atoms with Crippen LogP contribution >= 0.6 is 0 Å². The van der Waals surface area contributed by atoms with E-state index in [0.717, 1.165) is 46.0 Å². The molecule has 0 atom stereocenters. The summed E-state index contributed by atoms with van der Waals surface area (Å²) in [6.07, 6.45) is 5.37. The van der Waals surface area contributed by atoms with Gasteiger partial charge in [0.05, 0.1) is 10.6 Å². The molecule has 3 aromatic rings. The minimum atomic E-state index is -4.05. The standard InChI is InChI=1S/C21H18FNO3S/c22-17-8-5-9-18(12-17)27(25,26)23-13-16(14-24)20-11-4-2-7-15-6-1-3-10-19(15)21(20)23/h1,3,5-6,8-10,12-14H,2,4,7,11H2. The fourth-order valence-electron chi connectivity index (χ4n) is 3.70. The van der Waals surface area contributed by atoms with Gasteiger partial charge in [-0.05, 0) is 55.0 Å². The van der Waals surface area contributed by atoms with Crippen molar-refractivity contribution in [1.29, 1.82) is 0 Å². The lowest BCUT2D eigenvalue weighted by Gasteiger charge is -2.18. The second kappa shape index (κ2) is 6.78. The molecule has 1 heterocycles. The quantitative estimate of drug-likeness (QED) is 0.636. The van der Waals surface area contributed by atoms with Crippen LogP contribution in [0.15, 0.2) is 59.6 Å². The highest BCUT2D eigenvalue weighted by Crippen LogP contribution is 2.36. The van der Waals surface area contributed by atoms with Gasteiger partial charge < -0.3 is 0 Å². The third-order valence-electron chi connectivity index (χ3n) is 4.99. The summed E-state index contributed by atoms with van der Waals surface area (Å²) in [5, 5.41) is 0. The van der Waals surface area contributed by atoms with E-state index in [1.807, 2.05) is 24.3 Å². The number of hydrogen-bond acceptors (Lipinski definition) is 3. The van der Waals surface area contributed by atoms with Crippen LogP contribution in [-0.2, 0) is 22.9 Å². The largest absolute Gasteiger partial charge is 0.298 e. The van der Waals surface area contributed by atoms with E-state index in [1.54, 1.807) is 0 Å². The van der Waals surface area contributed by atoms with Gasteiger partial charge in [-0.2, -0.15) is 0 Å². The SMILES string of the molecule is O=Cc1cn(S(=O)(=O)c2cccc(F)c2)c2c1CCCCc1ccccc1-2. The predicted octanol–water partition coefficient (Wildman–Crippen LogP) is 4.22. The van der Waals surface area contributed by atoms with E-state index < -0.39 is 15.8 Å². The normalized spacial score (nSPS) is 14.0. The van der Waals surface area contributed by atoms with Gasteiger partial charge in [0.15, 0.2) is 6.29 Å². The van der Waals surface area contributed by atoms with Crippen molar-refractivity contribution < 1.29 is 17.6 Å². The number of aldehydes is 1. The summed E-state index contributed by atoms with van der Waals surface area (Å²) in [5.74, 6) is -0.623. The van der Waals surface area contributed by atoms with E-state index in [4.69, 9.17) is 0 Å². The Bertz CT molecular complexity index is 1130. The fraction of sp³-hybridized carbons (Fsp3) is 0.190. The van der Waals surface area contributed by atoms with Crippen LogP contribution in [0.4, 0.5) is 4.39 Å². The van der Waals surface area contributed by atoms with Gasteiger partial charge in [0.2, 0.25) is 0 Å².